The van der Waals surface area contributed by atoms with Crippen LogP contribution in [-0.2, 0) is 4.79 Å². The Morgan fingerprint density at radius 3 is 2.49 bits per heavy atom. The van der Waals surface area contributed by atoms with Crippen LogP contribution in [0.4, 0.5) is 5.69 Å². The number of nitrogens with zero attached hydrogens (tertiary/aromatic N) is 3. The summed E-state index contributed by atoms with van der Waals surface area (Å²) >= 11 is 0. The monoisotopic (exact) mass is 483 g/mol. The standard InChI is InChI=1S/C25H33N3O3.2C2H6/c1-5-8-10-13-21(4)19-28(27-26-18-25(29)30)23-15-11-16-24(17-23)31-20-22(12-7-3)14-9-6-2;2*1-2/h5-8,10-17,21H,2,9,18-20H2,1,3-4H3,(H,29,30);2*1-2H3/b8-5-,12-7-,13-10-,22-14+,27-26?;;. The fraction of sp³-hybridized carbons (Fsp3) is 0.414. The molecule has 1 unspecified atom stereocenters. The van der Waals surface area contributed by atoms with E-state index in [9.17, 15) is 4.79 Å². The first-order chi connectivity index (χ1) is 17.0. The molecular weight excluding hydrogens is 438 g/mol. The van der Waals surface area contributed by atoms with Gasteiger partial charge in [-0.3, -0.25) is 4.79 Å². The van der Waals surface area contributed by atoms with Crippen molar-refractivity contribution < 1.29 is 14.6 Å². The number of ether oxygens (including phenoxy) is 1. The maximum atomic E-state index is 10.8. The molecule has 6 nitrogen and oxygen atoms in total. The van der Waals surface area contributed by atoms with Crippen LogP contribution in [0, 0.1) is 5.92 Å². The predicted octanol–water partition coefficient (Wildman–Crippen LogP) is 8.22. The third kappa shape index (κ3) is 17.7. The van der Waals surface area contributed by atoms with Crippen molar-refractivity contribution in [2.45, 2.75) is 54.9 Å². The van der Waals surface area contributed by atoms with Crippen molar-refractivity contribution in [2.24, 2.45) is 16.3 Å². The number of carboxylic acid groups (broad SMARTS) is 1. The van der Waals surface area contributed by atoms with E-state index < -0.39 is 5.97 Å². The van der Waals surface area contributed by atoms with Gasteiger partial charge in [-0.15, -0.1) is 6.58 Å². The van der Waals surface area contributed by atoms with Crippen molar-refractivity contribution in [3.8, 4) is 5.75 Å². The van der Waals surface area contributed by atoms with Gasteiger partial charge in [-0.05, 0) is 43.9 Å². The molecule has 0 aliphatic heterocycles. The van der Waals surface area contributed by atoms with E-state index in [1.807, 2.05) is 102 Å². The molecule has 1 N–H and O–H groups in total. The van der Waals surface area contributed by atoms with E-state index >= 15 is 0 Å². The van der Waals surface area contributed by atoms with Crippen molar-refractivity contribution in [3.63, 3.8) is 0 Å². The molecule has 0 aliphatic rings. The van der Waals surface area contributed by atoms with Crippen LogP contribution in [0.5, 0.6) is 5.75 Å². The smallest absolute Gasteiger partial charge is 0.327 e. The molecule has 0 amide bonds. The first-order valence-electron chi connectivity index (χ1n) is 12.3. The molecule has 35 heavy (non-hydrogen) atoms. The van der Waals surface area contributed by atoms with Crippen LogP contribution in [0.1, 0.15) is 54.9 Å². The van der Waals surface area contributed by atoms with Gasteiger partial charge in [-0.1, -0.05) is 94.5 Å². The summed E-state index contributed by atoms with van der Waals surface area (Å²) < 4.78 is 5.97. The molecule has 0 saturated carbocycles. The minimum absolute atomic E-state index is 0.174. The number of carboxylic acids is 1. The average molecular weight is 484 g/mol. The lowest BCUT2D eigenvalue weighted by Crippen LogP contribution is -2.22. The number of benzene rings is 1. The third-order valence-corrected chi connectivity index (χ3v) is 4.03. The molecule has 1 rings (SSSR count). The van der Waals surface area contributed by atoms with E-state index in [0.717, 1.165) is 17.7 Å². The number of hydrogen-bond acceptors (Lipinski definition) is 4. The third-order valence-electron chi connectivity index (χ3n) is 4.03. The molecule has 0 aliphatic carbocycles. The summed E-state index contributed by atoms with van der Waals surface area (Å²) in [4.78, 5) is 10.8. The van der Waals surface area contributed by atoms with Gasteiger partial charge in [0.15, 0.2) is 6.54 Å². The summed E-state index contributed by atoms with van der Waals surface area (Å²) in [5.41, 5.74) is 1.84. The molecule has 1 aromatic rings. The zero-order valence-corrected chi connectivity index (χ0v) is 22.6. The molecule has 1 aromatic carbocycles. The van der Waals surface area contributed by atoms with Gasteiger partial charge >= 0.3 is 5.97 Å². The summed E-state index contributed by atoms with van der Waals surface area (Å²) in [5, 5.41) is 18.5. The van der Waals surface area contributed by atoms with Gasteiger partial charge in [-0.25, -0.2) is 5.01 Å². The first-order valence-corrected chi connectivity index (χ1v) is 12.3. The molecule has 1 atom stereocenters. The molecule has 0 radical (unpaired) electrons. The lowest BCUT2D eigenvalue weighted by atomic mass is 10.1. The summed E-state index contributed by atoms with van der Waals surface area (Å²) in [5.74, 6) is -0.153. The molecule has 6 heteroatoms. The second-order valence-corrected chi connectivity index (χ2v) is 6.84. The molecule has 194 valence electrons. The topological polar surface area (TPSA) is 74.5 Å². The zero-order valence-electron chi connectivity index (χ0n) is 22.6. The van der Waals surface area contributed by atoms with Gasteiger partial charge in [0, 0.05) is 12.6 Å². The Labute approximate surface area is 213 Å². The van der Waals surface area contributed by atoms with Crippen LogP contribution >= 0.6 is 0 Å². The van der Waals surface area contributed by atoms with Crippen molar-refractivity contribution in [2.75, 3.05) is 24.7 Å². The van der Waals surface area contributed by atoms with Crippen LogP contribution < -0.4 is 9.75 Å². The van der Waals surface area contributed by atoms with Gasteiger partial charge in [-0.2, -0.15) is 5.11 Å². The highest BCUT2D eigenvalue weighted by Crippen LogP contribution is 2.23. The number of allylic oxidation sites excluding steroid dienone is 6. The maximum Gasteiger partial charge on any atom is 0.327 e. The Balaban J connectivity index is 0. The average Bonchev–Trinajstić information content (AvgIpc) is 2.87. The van der Waals surface area contributed by atoms with Crippen molar-refractivity contribution in [1.82, 2.24) is 0 Å². The van der Waals surface area contributed by atoms with E-state index in [-0.39, 0.29) is 12.5 Å². The van der Waals surface area contributed by atoms with E-state index in [4.69, 9.17) is 9.84 Å². The van der Waals surface area contributed by atoms with Crippen LogP contribution in [0.15, 0.2) is 95.4 Å². The number of hydrogen-bond donors (Lipinski definition) is 1. The SMILES string of the molecule is C=CC/C=C(\C=C/C)COc1cccc(N(CC(C)/C=C\C=C/C)N=NCC(=O)O)c1.CC.CC. The number of anilines is 1. The van der Waals surface area contributed by atoms with Crippen LogP contribution in [0.25, 0.3) is 0 Å². The lowest BCUT2D eigenvalue weighted by molar-refractivity contribution is -0.135. The van der Waals surface area contributed by atoms with Crippen LogP contribution in [0.3, 0.4) is 0 Å². The number of aliphatic carboxylic acids is 1. The Kier molecular flexibility index (Phi) is 22.9. The Morgan fingerprint density at radius 1 is 1.17 bits per heavy atom. The maximum absolute atomic E-state index is 10.8. The largest absolute Gasteiger partial charge is 0.489 e. The van der Waals surface area contributed by atoms with E-state index in [2.05, 4.69) is 36.0 Å². The summed E-state index contributed by atoms with van der Waals surface area (Å²) in [7, 11) is 0. The normalized spacial score (nSPS) is 12.3. The molecule has 0 heterocycles. The van der Waals surface area contributed by atoms with Crippen LogP contribution in [-0.4, -0.2) is 30.8 Å². The fourth-order valence-electron chi connectivity index (χ4n) is 2.58. The Bertz CT molecular complexity index is 839. The molecule has 0 fully saturated rings. The minimum Gasteiger partial charge on any atom is -0.489 e. The van der Waals surface area contributed by atoms with Crippen molar-refractivity contribution >= 4 is 11.7 Å². The summed E-state index contributed by atoms with van der Waals surface area (Å²) in [6.45, 7) is 18.3. The Morgan fingerprint density at radius 2 is 1.89 bits per heavy atom. The number of rotatable bonds is 14. The van der Waals surface area contributed by atoms with Crippen molar-refractivity contribution in [1.29, 1.82) is 0 Å². The zero-order chi connectivity index (χ0) is 26.9. The molecule has 0 bridgehead atoms. The van der Waals surface area contributed by atoms with Gasteiger partial charge < -0.3 is 9.84 Å². The van der Waals surface area contributed by atoms with E-state index in [1.54, 1.807) is 5.01 Å². The highest BCUT2D eigenvalue weighted by molar-refractivity contribution is 5.69. The predicted molar refractivity (Wildman–Crippen MR) is 150 cm³/mol. The summed E-state index contributed by atoms with van der Waals surface area (Å²) in [6.07, 6.45) is 16.6. The van der Waals surface area contributed by atoms with Gasteiger partial charge in [0.25, 0.3) is 0 Å². The second-order valence-electron chi connectivity index (χ2n) is 6.84. The van der Waals surface area contributed by atoms with Gasteiger partial charge in [0.2, 0.25) is 0 Å². The Hall–Kier alpha value is -3.41. The fourth-order valence-corrected chi connectivity index (χ4v) is 2.58. The first kappa shape index (κ1) is 33.8. The molecular formula is C29H45N3O3. The van der Waals surface area contributed by atoms with Gasteiger partial charge in [0.05, 0.1) is 5.69 Å². The van der Waals surface area contributed by atoms with Crippen LogP contribution in [0.2, 0.25) is 0 Å². The quantitative estimate of drug-likeness (QED) is 0.125. The lowest BCUT2D eigenvalue weighted by Gasteiger charge is -2.21. The van der Waals surface area contributed by atoms with E-state index in [1.165, 1.54) is 0 Å². The van der Waals surface area contributed by atoms with Crippen molar-refractivity contribution in [3.05, 3.63) is 85.0 Å². The summed E-state index contributed by atoms with van der Waals surface area (Å²) in [6, 6.07) is 7.54. The highest BCUT2D eigenvalue weighted by Gasteiger charge is 2.11. The van der Waals surface area contributed by atoms with Gasteiger partial charge in [0.1, 0.15) is 12.4 Å². The molecule has 0 aromatic heterocycles. The molecule has 0 spiro atoms. The molecule has 0 saturated heterocycles. The minimum atomic E-state index is -1.02. The van der Waals surface area contributed by atoms with E-state index in [0.29, 0.717) is 18.9 Å². The second kappa shape index (κ2) is 23.7. The highest BCUT2D eigenvalue weighted by atomic mass is 16.5. The number of carbonyl (C=O) groups is 1.